The maximum atomic E-state index is 14.3. The molecule has 12 nitrogen and oxygen atoms in total. The second kappa shape index (κ2) is 15.2. The van der Waals surface area contributed by atoms with Crippen molar-refractivity contribution in [1.82, 2.24) is 9.62 Å². The van der Waals surface area contributed by atoms with Gasteiger partial charge in [-0.3, -0.25) is 0 Å². The summed E-state index contributed by atoms with van der Waals surface area (Å²) in [4.78, 5) is 13.3. The van der Waals surface area contributed by atoms with Crippen molar-refractivity contribution in [2.45, 2.75) is 81.7 Å². The van der Waals surface area contributed by atoms with Gasteiger partial charge in [-0.15, -0.1) is 0 Å². The number of anilines is 1. The third-order valence-electron chi connectivity index (χ3n) is 9.22. The third kappa shape index (κ3) is 9.23. The number of rotatable bonds is 15. The van der Waals surface area contributed by atoms with Gasteiger partial charge in [-0.05, 0) is 55.4 Å². The lowest BCUT2D eigenvalue weighted by Gasteiger charge is -2.36. The van der Waals surface area contributed by atoms with Crippen LogP contribution in [0.5, 0.6) is 0 Å². The van der Waals surface area contributed by atoms with E-state index >= 15 is 0 Å². The molecule has 3 aliphatic rings. The van der Waals surface area contributed by atoms with Crippen molar-refractivity contribution in [1.29, 1.82) is 0 Å². The Bertz CT molecular complexity index is 1440. The average molecular weight is 676 g/mol. The monoisotopic (exact) mass is 675 g/mol. The minimum Gasteiger partial charge on any atom is -0.443 e. The summed E-state index contributed by atoms with van der Waals surface area (Å²) in [6.07, 6.45) is -0.654. The Balaban J connectivity index is 1.37. The zero-order valence-electron chi connectivity index (χ0n) is 27.7. The van der Waals surface area contributed by atoms with E-state index in [1.54, 1.807) is 31.3 Å². The van der Waals surface area contributed by atoms with Crippen LogP contribution in [0.3, 0.4) is 0 Å². The summed E-state index contributed by atoms with van der Waals surface area (Å²) in [6, 6.07) is 15.1. The van der Waals surface area contributed by atoms with Gasteiger partial charge in [0.1, 0.15) is 6.10 Å². The molecule has 0 aromatic heterocycles. The Labute approximate surface area is 278 Å². The highest BCUT2D eigenvalue weighted by Crippen LogP contribution is 2.35. The smallest absolute Gasteiger partial charge is 0.407 e. The van der Waals surface area contributed by atoms with E-state index in [2.05, 4.69) is 10.6 Å². The molecular formula is C34H49N3O9S. The van der Waals surface area contributed by atoms with Crippen LogP contribution < -0.4 is 10.6 Å². The fourth-order valence-electron chi connectivity index (χ4n) is 6.39. The number of nitrogens with one attached hydrogen (secondary N) is 2. The van der Waals surface area contributed by atoms with Gasteiger partial charge in [0.25, 0.3) is 0 Å². The highest BCUT2D eigenvalue weighted by atomic mass is 32.2. The first-order valence-electron chi connectivity index (χ1n) is 16.4. The predicted octanol–water partition coefficient (Wildman–Crippen LogP) is 3.75. The zero-order valence-corrected chi connectivity index (χ0v) is 28.5. The predicted molar refractivity (Wildman–Crippen MR) is 175 cm³/mol. The van der Waals surface area contributed by atoms with Crippen LogP contribution in [0.25, 0.3) is 0 Å². The van der Waals surface area contributed by atoms with Gasteiger partial charge in [-0.25, -0.2) is 13.2 Å². The first kappa shape index (κ1) is 35.5. The van der Waals surface area contributed by atoms with Crippen LogP contribution in [0.1, 0.15) is 45.6 Å². The lowest BCUT2D eigenvalue weighted by atomic mass is 9.86. The third-order valence-corrected chi connectivity index (χ3v) is 11.0. The summed E-state index contributed by atoms with van der Waals surface area (Å²) < 4.78 is 58.4. The molecule has 3 fully saturated rings. The summed E-state index contributed by atoms with van der Waals surface area (Å²) in [6.45, 7) is 7.54. The van der Waals surface area contributed by atoms with Gasteiger partial charge in [-0.1, -0.05) is 50.2 Å². The molecule has 0 bridgehead atoms. The second-order valence-corrected chi connectivity index (χ2v) is 15.5. The van der Waals surface area contributed by atoms with Crippen LogP contribution in [0, 0.1) is 11.3 Å². The Kier molecular flexibility index (Phi) is 11.5. The first-order chi connectivity index (χ1) is 22.4. The number of alkyl carbamates (subject to hydrolysis) is 1. The number of sulfonamides is 1. The van der Waals surface area contributed by atoms with Crippen molar-refractivity contribution in [3.05, 3.63) is 60.2 Å². The molecule has 5 atom stereocenters. The Hall–Kier alpha value is -2.78. The fraction of sp³-hybridized carbons (Fsp3) is 0.618. The van der Waals surface area contributed by atoms with Crippen LogP contribution >= 0.6 is 0 Å². The van der Waals surface area contributed by atoms with E-state index in [1.807, 2.05) is 51.1 Å². The lowest BCUT2D eigenvalue weighted by Crippen LogP contribution is -2.52. The molecule has 260 valence electrons. The minimum atomic E-state index is -4.08. The lowest BCUT2D eigenvalue weighted by molar-refractivity contribution is -0.151. The van der Waals surface area contributed by atoms with Crippen LogP contribution in [-0.4, -0.2) is 101 Å². The summed E-state index contributed by atoms with van der Waals surface area (Å²) >= 11 is 0. The van der Waals surface area contributed by atoms with Crippen LogP contribution in [0.4, 0.5) is 10.5 Å². The number of aliphatic hydroxyl groups is 1. The summed E-state index contributed by atoms with van der Waals surface area (Å²) in [5.74, 6) is -0.765. The van der Waals surface area contributed by atoms with E-state index in [1.165, 1.54) is 4.31 Å². The SMILES string of the molecule is CNc1cccc(S(=O)(=O)N(C[C@@H](O)[C@H](Cc2ccccc2)NC(=O)OC2CO[C@H]3OCC[C@@H]23)CC(C)(C)CCC2(C)OCCO2)c1. The molecule has 0 radical (unpaired) electrons. The number of ether oxygens (including phenoxy) is 5. The molecular weight excluding hydrogens is 626 g/mol. The molecule has 13 heteroatoms. The van der Waals surface area contributed by atoms with E-state index in [9.17, 15) is 18.3 Å². The van der Waals surface area contributed by atoms with Gasteiger partial charge in [0.15, 0.2) is 12.1 Å². The van der Waals surface area contributed by atoms with Crippen molar-refractivity contribution in [2.24, 2.45) is 11.3 Å². The summed E-state index contributed by atoms with van der Waals surface area (Å²) in [5, 5.41) is 17.6. The van der Waals surface area contributed by atoms with Gasteiger partial charge in [0.05, 0.1) is 49.4 Å². The van der Waals surface area contributed by atoms with Gasteiger partial charge in [0, 0.05) is 32.2 Å². The Morgan fingerprint density at radius 2 is 1.85 bits per heavy atom. The van der Waals surface area contributed by atoms with Crippen LogP contribution in [-0.2, 0) is 40.1 Å². The maximum Gasteiger partial charge on any atom is 0.407 e. The molecule has 2 aromatic carbocycles. The topological polar surface area (TPSA) is 145 Å². The molecule has 3 heterocycles. The molecule has 47 heavy (non-hydrogen) atoms. The molecule has 2 aromatic rings. The van der Waals surface area contributed by atoms with E-state index in [4.69, 9.17) is 23.7 Å². The van der Waals surface area contributed by atoms with Crippen LogP contribution in [0.15, 0.2) is 59.5 Å². The molecule has 0 saturated carbocycles. The Morgan fingerprint density at radius 3 is 2.57 bits per heavy atom. The van der Waals surface area contributed by atoms with E-state index in [0.717, 1.165) is 12.0 Å². The number of hydrogen-bond donors (Lipinski definition) is 3. The van der Waals surface area contributed by atoms with E-state index in [-0.39, 0.29) is 43.2 Å². The first-order valence-corrected chi connectivity index (χ1v) is 17.8. The summed E-state index contributed by atoms with van der Waals surface area (Å²) in [5.41, 5.74) is 0.994. The molecule has 1 unspecified atom stereocenters. The number of hydrogen-bond acceptors (Lipinski definition) is 10. The van der Waals surface area contributed by atoms with Crippen molar-refractivity contribution in [3.63, 3.8) is 0 Å². The normalized spacial score (nSPS) is 23.7. The number of amides is 1. The van der Waals surface area contributed by atoms with Gasteiger partial charge in [-0.2, -0.15) is 4.31 Å². The van der Waals surface area contributed by atoms with Crippen molar-refractivity contribution < 1.29 is 42.0 Å². The Morgan fingerprint density at radius 1 is 1.11 bits per heavy atom. The molecule has 3 aliphatic heterocycles. The van der Waals surface area contributed by atoms with E-state index in [0.29, 0.717) is 38.3 Å². The van der Waals surface area contributed by atoms with Crippen molar-refractivity contribution in [3.8, 4) is 0 Å². The van der Waals surface area contributed by atoms with Crippen molar-refractivity contribution in [2.75, 3.05) is 51.9 Å². The summed E-state index contributed by atoms with van der Waals surface area (Å²) in [7, 11) is -2.36. The largest absolute Gasteiger partial charge is 0.443 e. The molecule has 3 N–H and O–H groups in total. The standard InChI is InChI=1S/C34H49N3O9S/c1-33(2,14-15-34(3)44-17-18-45-34)23-37(47(40,41)26-12-8-11-25(20-26)35-4)21-29(38)28(19-24-9-6-5-7-10-24)36-32(39)46-30-22-43-31-27(30)13-16-42-31/h5-12,20,27-31,35,38H,13-19,21-23H2,1-4H3,(H,36,39)/t27-,28-,29+,30?,31+/m0/s1. The zero-order chi connectivity index (χ0) is 33.7. The fourth-order valence-corrected chi connectivity index (χ4v) is 8.08. The number of carbonyl (C=O) groups is 1. The van der Waals surface area contributed by atoms with Gasteiger partial charge < -0.3 is 39.4 Å². The van der Waals surface area contributed by atoms with Gasteiger partial charge in [0.2, 0.25) is 10.0 Å². The molecule has 0 aliphatic carbocycles. The van der Waals surface area contributed by atoms with Crippen molar-refractivity contribution >= 4 is 21.8 Å². The number of benzene rings is 2. The van der Waals surface area contributed by atoms with Crippen LogP contribution in [0.2, 0.25) is 0 Å². The molecule has 3 saturated heterocycles. The second-order valence-electron chi connectivity index (χ2n) is 13.5. The highest BCUT2D eigenvalue weighted by Gasteiger charge is 2.44. The highest BCUT2D eigenvalue weighted by molar-refractivity contribution is 7.89. The van der Waals surface area contributed by atoms with E-state index < -0.39 is 45.6 Å². The molecule has 0 spiro atoms. The number of aliphatic hydroxyl groups excluding tert-OH is 1. The average Bonchev–Trinajstić information content (AvgIpc) is 3.79. The number of carbonyl (C=O) groups excluding carboxylic acids is 1. The minimum absolute atomic E-state index is 0.0446. The number of nitrogens with zero attached hydrogens (tertiary/aromatic N) is 1. The molecule has 5 rings (SSSR count). The quantitative estimate of drug-likeness (QED) is 0.255. The number of fused-ring (bicyclic) bond motifs is 1. The maximum absolute atomic E-state index is 14.3. The van der Waals surface area contributed by atoms with Gasteiger partial charge >= 0.3 is 6.09 Å². The molecule has 1 amide bonds.